The molecule has 2 aromatic heterocycles. The number of nitrogens with zero attached hydrogens (tertiary/aromatic N) is 1. The first-order chi connectivity index (χ1) is 13.0. The van der Waals surface area contributed by atoms with E-state index < -0.39 is 34.3 Å². The molecule has 0 spiro atoms. The van der Waals surface area contributed by atoms with Crippen molar-refractivity contribution in [1.82, 2.24) is 9.97 Å². The summed E-state index contributed by atoms with van der Waals surface area (Å²) < 4.78 is 1.37. The van der Waals surface area contributed by atoms with Crippen molar-refractivity contribution in [3.05, 3.63) is 92.4 Å². The average Bonchev–Trinajstić information content (AvgIpc) is 2.66. The van der Waals surface area contributed by atoms with Gasteiger partial charge in [0.2, 0.25) is 5.78 Å². The van der Waals surface area contributed by atoms with Gasteiger partial charge < -0.3 is 10.1 Å². The van der Waals surface area contributed by atoms with Crippen molar-refractivity contribution < 1.29 is 19.3 Å². The Balaban J connectivity index is 2.15. The molecule has 132 valence electrons. The van der Waals surface area contributed by atoms with Crippen molar-refractivity contribution in [2.45, 2.75) is 0 Å². The third-order valence-corrected chi connectivity index (χ3v) is 4.23. The van der Waals surface area contributed by atoms with Crippen LogP contribution in [0, 0.1) is 0 Å². The van der Waals surface area contributed by atoms with Crippen LogP contribution in [0.25, 0.3) is 11.3 Å². The molecule has 1 aliphatic rings. The molecule has 0 bridgehead atoms. The molecule has 1 aliphatic carbocycles. The van der Waals surface area contributed by atoms with Gasteiger partial charge in [-0.25, -0.2) is 4.79 Å². The molecule has 8 heteroatoms. The van der Waals surface area contributed by atoms with Crippen molar-refractivity contribution in [3.8, 4) is 5.88 Å². The predicted octanol–water partition coefficient (Wildman–Crippen LogP) is -0.128. The summed E-state index contributed by atoms with van der Waals surface area (Å²) in [5.41, 5.74) is -2.82. The number of hydrogen-bond donors (Lipinski definition) is 2. The summed E-state index contributed by atoms with van der Waals surface area (Å²) in [6, 6.07) is 11.1. The Morgan fingerprint density at radius 1 is 0.778 bits per heavy atom. The van der Waals surface area contributed by atoms with Crippen LogP contribution in [0.5, 0.6) is 5.88 Å². The van der Waals surface area contributed by atoms with Crippen LogP contribution in [0.3, 0.4) is 0 Å². The number of rotatable bonds is 2. The number of pyridine rings is 1. The van der Waals surface area contributed by atoms with E-state index in [0.29, 0.717) is 0 Å². The third kappa shape index (κ3) is 2.51. The highest BCUT2D eigenvalue weighted by atomic mass is 16.3. The Morgan fingerprint density at radius 2 is 1.41 bits per heavy atom. The molecule has 1 aromatic carbocycles. The summed E-state index contributed by atoms with van der Waals surface area (Å²) in [6.45, 7) is 0. The molecule has 0 aliphatic heterocycles. The molecule has 0 amide bonds. The second-order valence-corrected chi connectivity index (χ2v) is 5.82. The molecule has 4 rings (SSSR count). The van der Waals surface area contributed by atoms with Crippen LogP contribution in [0.15, 0.2) is 64.4 Å². The highest BCUT2D eigenvalue weighted by molar-refractivity contribution is 6.48. The Hall–Kier alpha value is -4.07. The van der Waals surface area contributed by atoms with Gasteiger partial charge >= 0.3 is 5.69 Å². The van der Waals surface area contributed by atoms with E-state index in [-0.39, 0.29) is 22.4 Å². The zero-order valence-electron chi connectivity index (χ0n) is 13.7. The van der Waals surface area contributed by atoms with Gasteiger partial charge in [0.05, 0.1) is 5.56 Å². The lowest BCUT2D eigenvalue weighted by Gasteiger charge is -2.19. The molecule has 0 saturated heterocycles. The van der Waals surface area contributed by atoms with E-state index in [2.05, 4.69) is 0 Å². The van der Waals surface area contributed by atoms with E-state index in [4.69, 9.17) is 0 Å². The first-order valence-corrected chi connectivity index (χ1v) is 7.92. The van der Waals surface area contributed by atoms with Gasteiger partial charge in [-0.15, -0.1) is 0 Å². The third-order valence-electron chi connectivity index (χ3n) is 4.23. The first kappa shape index (κ1) is 16.4. The second-order valence-electron chi connectivity index (χ2n) is 5.82. The maximum absolute atomic E-state index is 13.1. The number of aromatic amines is 2. The quantitative estimate of drug-likeness (QED) is 0.615. The predicted molar refractivity (Wildman–Crippen MR) is 92.0 cm³/mol. The highest BCUT2D eigenvalue weighted by Gasteiger charge is 2.40. The molecule has 0 radical (unpaired) electrons. The fourth-order valence-corrected chi connectivity index (χ4v) is 3.08. The fraction of sp³-hybridized carbons (Fsp3) is 0. The van der Waals surface area contributed by atoms with Crippen LogP contribution in [-0.4, -0.2) is 21.5 Å². The summed E-state index contributed by atoms with van der Waals surface area (Å²) in [5, 5.41) is 12.3. The molecule has 8 nitrogen and oxygen atoms in total. The molecular formula is C19H11N3O5. The van der Waals surface area contributed by atoms with E-state index in [0.717, 1.165) is 0 Å². The lowest BCUT2D eigenvalue weighted by Crippen LogP contribution is -2.41. The minimum atomic E-state index is -1.03. The summed E-state index contributed by atoms with van der Waals surface area (Å²) in [4.78, 5) is 53.8. The Labute approximate surface area is 151 Å². The minimum absolute atomic E-state index is 0.0859. The van der Waals surface area contributed by atoms with E-state index in [1.54, 1.807) is 30.3 Å². The Kier molecular flexibility index (Phi) is 3.66. The van der Waals surface area contributed by atoms with Crippen molar-refractivity contribution in [3.63, 3.8) is 0 Å². The molecule has 27 heavy (non-hydrogen) atoms. The van der Waals surface area contributed by atoms with Gasteiger partial charge in [-0.1, -0.05) is 30.3 Å². The van der Waals surface area contributed by atoms with Crippen molar-refractivity contribution in [2.75, 3.05) is 0 Å². The number of carbonyl (C=O) groups excluding carboxylic acids is 2. The minimum Gasteiger partial charge on any atom is -0.860 e. The first-order valence-electron chi connectivity index (χ1n) is 7.92. The van der Waals surface area contributed by atoms with Crippen molar-refractivity contribution >= 4 is 22.8 Å². The maximum atomic E-state index is 13.1. The van der Waals surface area contributed by atoms with E-state index in [1.807, 2.05) is 9.97 Å². The van der Waals surface area contributed by atoms with Crippen molar-refractivity contribution in [1.29, 1.82) is 0 Å². The average molecular weight is 361 g/mol. The smallest absolute Gasteiger partial charge is 0.325 e. The van der Waals surface area contributed by atoms with Crippen LogP contribution >= 0.6 is 0 Å². The monoisotopic (exact) mass is 361 g/mol. The number of carbonyl (C=O) groups is 2. The van der Waals surface area contributed by atoms with Crippen LogP contribution < -0.4 is 20.9 Å². The van der Waals surface area contributed by atoms with Crippen molar-refractivity contribution in [2.24, 2.45) is 0 Å². The fourth-order valence-electron chi connectivity index (χ4n) is 3.08. The zero-order chi connectivity index (χ0) is 19.1. The van der Waals surface area contributed by atoms with Gasteiger partial charge in [-0.05, 0) is 5.88 Å². The van der Waals surface area contributed by atoms with Gasteiger partial charge in [0.1, 0.15) is 5.57 Å². The SMILES string of the molecule is O=C1C(c2c([O-])[nH]c(=O)[nH]c2=O)=C([n+]2ccccc2)C(=O)c2ccccc21. The number of H-pyrrole nitrogens is 2. The van der Waals surface area contributed by atoms with Gasteiger partial charge in [-0.3, -0.25) is 19.4 Å². The van der Waals surface area contributed by atoms with Crippen LogP contribution in [0.2, 0.25) is 0 Å². The topological polar surface area (TPSA) is 127 Å². The second kappa shape index (κ2) is 6.03. The largest absolute Gasteiger partial charge is 0.860 e. The molecule has 2 N–H and O–H groups in total. The molecule has 2 heterocycles. The van der Waals surface area contributed by atoms with E-state index in [1.165, 1.54) is 29.1 Å². The van der Waals surface area contributed by atoms with E-state index >= 15 is 0 Å². The van der Waals surface area contributed by atoms with E-state index in [9.17, 15) is 24.3 Å². The number of Topliss-reactive ketones (excluding diaryl/α,β-unsaturated/α-hetero) is 2. The molecule has 0 unspecified atom stereocenters. The molecule has 0 saturated carbocycles. The van der Waals surface area contributed by atoms with Crippen LogP contribution in [0.1, 0.15) is 26.3 Å². The molecular weight excluding hydrogens is 350 g/mol. The zero-order valence-corrected chi connectivity index (χ0v) is 13.7. The summed E-state index contributed by atoms with van der Waals surface area (Å²) in [7, 11) is 0. The number of benzene rings is 1. The number of ketones is 2. The number of allylic oxidation sites excluding steroid dienone is 2. The van der Waals surface area contributed by atoms with Gasteiger partial charge in [0.15, 0.2) is 12.4 Å². The lowest BCUT2D eigenvalue weighted by atomic mass is 9.84. The lowest BCUT2D eigenvalue weighted by molar-refractivity contribution is -0.576. The maximum Gasteiger partial charge on any atom is 0.325 e. The Morgan fingerprint density at radius 3 is 2.04 bits per heavy atom. The molecule has 0 atom stereocenters. The van der Waals surface area contributed by atoms with Gasteiger partial charge in [0.25, 0.3) is 17.0 Å². The van der Waals surface area contributed by atoms with Gasteiger partial charge in [-0.2, -0.15) is 4.57 Å². The number of aromatic nitrogens is 3. The number of hydrogen-bond acceptors (Lipinski definition) is 5. The normalized spacial score (nSPS) is 13.6. The standard InChI is InChI=1S/C19H11N3O5/c23-15-10-6-2-3-7-11(10)16(24)14(22-8-4-1-5-9-22)12(15)13-17(25)20-19(27)21-18(13)26/h1-9H,(H2-,20,21,24,25,26,27). The molecule has 0 fully saturated rings. The summed E-state index contributed by atoms with van der Waals surface area (Å²) in [5.74, 6) is -2.19. The Bertz CT molecular complexity index is 1250. The van der Waals surface area contributed by atoms with Crippen LogP contribution in [-0.2, 0) is 0 Å². The summed E-state index contributed by atoms with van der Waals surface area (Å²) >= 11 is 0. The van der Waals surface area contributed by atoms with Crippen LogP contribution in [0.4, 0.5) is 0 Å². The number of fused-ring (bicyclic) bond motifs is 1. The summed E-state index contributed by atoms with van der Waals surface area (Å²) in [6.07, 6.45) is 3.05. The highest BCUT2D eigenvalue weighted by Crippen LogP contribution is 2.32. The van der Waals surface area contributed by atoms with Gasteiger partial charge in [0, 0.05) is 23.3 Å². The molecule has 3 aromatic rings. The number of nitrogens with one attached hydrogen (secondary N) is 2.